The first-order valence-electron chi connectivity index (χ1n) is 9.46. The summed E-state index contributed by atoms with van der Waals surface area (Å²) in [5, 5.41) is 11.6. The largest absolute Gasteiger partial charge is 0.456 e. The first-order chi connectivity index (χ1) is 13.3. The molecule has 0 unspecified atom stereocenters. The summed E-state index contributed by atoms with van der Waals surface area (Å²) in [4.78, 5) is 52.7. The molecule has 152 valence electrons. The van der Waals surface area contributed by atoms with Crippen molar-refractivity contribution in [1.82, 2.24) is 15.1 Å². The Morgan fingerprint density at radius 1 is 1.32 bits per heavy atom. The van der Waals surface area contributed by atoms with Gasteiger partial charge in [0, 0.05) is 31.3 Å². The number of piperazine rings is 1. The van der Waals surface area contributed by atoms with E-state index in [-0.39, 0.29) is 67.2 Å². The van der Waals surface area contributed by atoms with Crippen molar-refractivity contribution in [3.63, 3.8) is 0 Å². The van der Waals surface area contributed by atoms with Crippen LogP contribution in [0.5, 0.6) is 0 Å². The van der Waals surface area contributed by atoms with Crippen LogP contribution in [-0.2, 0) is 9.59 Å². The molecule has 1 aromatic rings. The molecule has 0 aliphatic carbocycles. The standard InChI is InChI=1S/C19H25N3O6/c1-3-15-14(18(26)20-4-5-23)7-12-9-21(10-17(25)22(12)15)19(27)16-8-13(24)6-11(2)28-16/h6,8,12,14-15,23H,3-5,7,9-10H2,1-2H3,(H,20,26)/t12-,14-,15-/m0/s1. The number of aliphatic hydroxyl groups is 1. The van der Waals surface area contributed by atoms with Crippen molar-refractivity contribution in [1.29, 1.82) is 0 Å². The summed E-state index contributed by atoms with van der Waals surface area (Å²) in [5.74, 6) is -1.05. The molecule has 0 bridgehead atoms. The average Bonchev–Trinajstić information content (AvgIpc) is 3.03. The number of hydrogen-bond donors (Lipinski definition) is 2. The number of hydrogen-bond acceptors (Lipinski definition) is 6. The number of fused-ring (bicyclic) bond motifs is 1. The summed E-state index contributed by atoms with van der Waals surface area (Å²) in [6.45, 7) is 3.69. The van der Waals surface area contributed by atoms with Gasteiger partial charge in [-0.2, -0.15) is 0 Å². The van der Waals surface area contributed by atoms with Crippen molar-refractivity contribution in [2.75, 3.05) is 26.2 Å². The summed E-state index contributed by atoms with van der Waals surface area (Å²) in [6, 6.07) is 1.92. The quantitative estimate of drug-likeness (QED) is 0.699. The predicted molar refractivity (Wildman–Crippen MR) is 98.5 cm³/mol. The normalized spacial score (nSPS) is 24.2. The molecule has 3 amide bonds. The Balaban J connectivity index is 1.78. The number of nitrogens with zero attached hydrogens (tertiary/aromatic N) is 2. The van der Waals surface area contributed by atoms with Gasteiger partial charge in [-0.3, -0.25) is 19.2 Å². The van der Waals surface area contributed by atoms with Gasteiger partial charge in [-0.05, 0) is 19.8 Å². The maximum absolute atomic E-state index is 12.8. The number of rotatable bonds is 5. The molecule has 3 rings (SSSR count). The Morgan fingerprint density at radius 2 is 2.07 bits per heavy atom. The summed E-state index contributed by atoms with van der Waals surface area (Å²) in [6.07, 6.45) is 1.07. The maximum Gasteiger partial charge on any atom is 0.290 e. The van der Waals surface area contributed by atoms with Crippen LogP contribution in [0.1, 0.15) is 36.1 Å². The monoisotopic (exact) mass is 391 g/mol. The Hall–Kier alpha value is -2.68. The number of nitrogens with one attached hydrogen (secondary N) is 1. The Labute approximate surface area is 162 Å². The lowest BCUT2D eigenvalue weighted by molar-refractivity contribution is -0.139. The first-order valence-corrected chi connectivity index (χ1v) is 9.46. The summed E-state index contributed by atoms with van der Waals surface area (Å²) < 4.78 is 5.36. The zero-order valence-electron chi connectivity index (χ0n) is 16.0. The van der Waals surface area contributed by atoms with Crippen molar-refractivity contribution in [3.8, 4) is 0 Å². The molecular weight excluding hydrogens is 366 g/mol. The zero-order chi connectivity index (χ0) is 20.4. The van der Waals surface area contributed by atoms with E-state index >= 15 is 0 Å². The highest BCUT2D eigenvalue weighted by Crippen LogP contribution is 2.35. The Bertz CT molecular complexity index is 835. The highest BCUT2D eigenvalue weighted by molar-refractivity contribution is 5.95. The molecule has 9 nitrogen and oxygen atoms in total. The smallest absolute Gasteiger partial charge is 0.290 e. The molecule has 0 spiro atoms. The topological polar surface area (TPSA) is 120 Å². The van der Waals surface area contributed by atoms with E-state index in [9.17, 15) is 19.2 Å². The fourth-order valence-corrected chi connectivity index (χ4v) is 4.24. The molecular formula is C19H25N3O6. The van der Waals surface area contributed by atoms with E-state index < -0.39 is 5.91 Å². The molecule has 0 saturated carbocycles. The van der Waals surface area contributed by atoms with Gasteiger partial charge in [-0.25, -0.2) is 0 Å². The van der Waals surface area contributed by atoms with E-state index in [1.165, 1.54) is 11.0 Å². The lowest BCUT2D eigenvalue weighted by Gasteiger charge is -2.39. The van der Waals surface area contributed by atoms with Gasteiger partial charge >= 0.3 is 0 Å². The van der Waals surface area contributed by atoms with E-state index in [1.807, 2.05) is 6.92 Å². The van der Waals surface area contributed by atoms with Gasteiger partial charge in [0.15, 0.2) is 11.2 Å². The fraction of sp³-hybridized carbons (Fsp3) is 0.579. The number of carbonyl (C=O) groups excluding carboxylic acids is 3. The van der Waals surface area contributed by atoms with E-state index in [0.29, 0.717) is 18.6 Å². The van der Waals surface area contributed by atoms with E-state index in [4.69, 9.17) is 9.52 Å². The highest BCUT2D eigenvalue weighted by Gasteiger charge is 2.49. The van der Waals surface area contributed by atoms with E-state index in [2.05, 4.69) is 5.32 Å². The molecule has 9 heteroatoms. The molecule has 2 aliphatic rings. The van der Waals surface area contributed by atoms with Crippen LogP contribution in [0.3, 0.4) is 0 Å². The van der Waals surface area contributed by atoms with E-state index in [1.54, 1.807) is 11.8 Å². The third kappa shape index (κ3) is 3.80. The molecule has 2 saturated heterocycles. The van der Waals surface area contributed by atoms with Crippen molar-refractivity contribution in [2.24, 2.45) is 5.92 Å². The third-order valence-corrected chi connectivity index (χ3v) is 5.34. The first kappa shape index (κ1) is 20.1. The minimum Gasteiger partial charge on any atom is -0.456 e. The predicted octanol–water partition coefficient (Wildman–Crippen LogP) is -0.492. The molecule has 0 aromatic carbocycles. The van der Waals surface area contributed by atoms with Gasteiger partial charge in [-0.1, -0.05) is 6.92 Å². The van der Waals surface area contributed by atoms with Gasteiger partial charge in [0.2, 0.25) is 11.8 Å². The van der Waals surface area contributed by atoms with Gasteiger partial charge in [0.05, 0.1) is 18.6 Å². The van der Waals surface area contributed by atoms with Crippen LogP contribution in [0.15, 0.2) is 21.3 Å². The number of aliphatic hydroxyl groups excluding tert-OH is 1. The second-order valence-corrected chi connectivity index (χ2v) is 7.24. The second kappa shape index (κ2) is 8.14. The molecule has 0 radical (unpaired) electrons. The van der Waals surface area contributed by atoms with E-state index in [0.717, 1.165) is 6.07 Å². The number of amides is 3. The summed E-state index contributed by atoms with van der Waals surface area (Å²) >= 11 is 0. The fourth-order valence-electron chi connectivity index (χ4n) is 4.24. The average molecular weight is 391 g/mol. The lowest BCUT2D eigenvalue weighted by Crippen LogP contribution is -2.57. The summed E-state index contributed by atoms with van der Waals surface area (Å²) in [5.41, 5.74) is -0.329. The number of aryl methyl sites for hydroxylation is 1. The molecule has 2 aliphatic heterocycles. The number of carbonyl (C=O) groups is 3. The van der Waals surface area contributed by atoms with Crippen LogP contribution in [0.2, 0.25) is 0 Å². The van der Waals surface area contributed by atoms with Crippen molar-refractivity contribution in [3.05, 3.63) is 33.9 Å². The highest BCUT2D eigenvalue weighted by atomic mass is 16.3. The van der Waals surface area contributed by atoms with Crippen molar-refractivity contribution >= 4 is 17.7 Å². The third-order valence-electron chi connectivity index (χ3n) is 5.34. The van der Waals surface area contributed by atoms with Gasteiger partial charge in [0.25, 0.3) is 5.91 Å². The molecule has 28 heavy (non-hydrogen) atoms. The van der Waals surface area contributed by atoms with Crippen molar-refractivity contribution < 1.29 is 23.9 Å². The molecule has 3 heterocycles. The second-order valence-electron chi connectivity index (χ2n) is 7.24. The Kier molecular flexibility index (Phi) is 5.83. The van der Waals surface area contributed by atoms with Crippen LogP contribution in [-0.4, -0.2) is 71.0 Å². The molecule has 2 N–H and O–H groups in total. The van der Waals surface area contributed by atoms with Gasteiger partial charge in [-0.15, -0.1) is 0 Å². The van der Waals surface area contributed by atoms with Crippen molar-refractivity contribution in [2.45, 2.75) is 38.8 Å². The molecule has 3 atom stereocenters. The molecule has 2 fully saturated rings. The van der Waals surface area contributed by atoms with Crippen LogP contribution in [0.25, 0.3) is 0 Å². The van der Waals surface area contributed by atoms with Crippen LogP contribution in [0.4, 0.5) is 0 Å². The Morgan fingerprint density at radius 3 is 2.71 bits per heavy atom. The van der Waals surface area contributed by atoms with Crippen LogP contribution < -0.4 is 10.7 Å². The minimum absolute atomic E-state index is 0.0893. The van der Waals surface area contributed by atoms with Crippen LogP contribution in [0, 0.1) is 12.8 Å². The maximum atomic E-state index is 12.8. The van der Waals surface area contributed by atoms with Crippen LogP contribution >= 0.6 is 0 Å². The molecule has 1 aromatic heterocycles. The minimum atomic E-state index is -0.505. The zero-order valence-corrected chi connectivity index (χ0v) is 16.0. The SMILES string of the molecule is CC[C@H]1[C@@H](C(=O)NCCO)C[C@H]2CN(C(=O)c3cc(=O)cc(C)o3)CC(=O)N21. The lowest BCUT2D eigenvalue weighted by atomic mass is 9.96. The summed E-state index contributed by atoms with van der Waals surface area (Å²) in [7, 11) is 0. The van der Waals surface area contributed by atoms with Gasteiger partial charge in [0.1, 0.15) is 12.3 Å². The van der Waals surface area contributed by atoms with Gasteiger partial charge < -0.3 is 24.6 Å².